The number of benzene rings is 1. The summed E-state index contributed by atoms with van der Waals surface area (Å²) in [6, 6.07) is 4.97. The molecule has 0 fully saturated rings. The molecule has 1 unspecified atom stereocenters. The molecule has 0 bridgehead atoms. The standard InChI is InChI=1S/C16H14F3N3O4/c1-9(21)12(6-20)13(23)8-26-14(24)7-22-15(25)10-2-4-11(5-3-10)16(17,18)19/h2-5,12,21H,7-8H2,1H3,(H,22,25). The Balaban J connectivity index is 2.50. The summed E-state index contributed by atoms with van der Waals surface area (Å²) in [5.74, 6) is -3.86. The molecule has 1 atom stereocenters. The van der Waals surface area contributed by atoms with Crippen LogP contribution in [0.1, 0.15) is 22.8 Å². The molecule has 138 valence electrons. The molecule has 1 aromatic rings. The van der Waals surface area contributed by atoms with Gasteiger partial charge in [-0.25, -0.2) is 0 Å². The summed E-state index contributed by atoms with van der Waals surface area (Å²) in [6.07, 6.45) is -4.53. The number of amides is 1. The minimum atomic E-state index is -4.53. The van der Waals surface area contributed by atoms with Crippen LogP contribution < -0.4 is 5.32 Å². The average molecular weight is 369 g/mol. The minimum absolute atomic E-state index is 0.0918. The molecule has 0 aliphatic carbocycles. The number of halogens is 3. The first-order valence-electron chi connectivity index (χ1n) is 7.14. The number of nitrogens with zero attached hydrogens (tertiary/aromatic N) is 1. The van der Waals surface area contributed by atoms with Crippen LogP contribution in [-0.4, -0.2) is 36.5 Å². The Kier molecular flexibility index (Phi) is 7.01. The Hall–Kier alpha value is -3.22. The fraction of sp³-hybridized carbons (Fsp3) is 0.312. The van der Waals surface area contributed by atoms with Gasteiger partial charge >= 0.3 is 12.1 Å². The van der Waals surface area contributed by atoms with Crippen LogP contribution in [0.5, 0.6) is 0 Å². The van der Waals surface area contributed by atoms with E-state index in [1.54, 1.807) is 6.07 Å². The Morgan fingerprint density at radius 2 is 1.85 bits per heavy atom. The van der Waals surface area contributed by atoms with Crippen LogP contribution in [0.2, 0.25) is 0 Å². The maximum Gasteiger partial charge on any atom is 0.416 e. The van der Waals surface area contributed by atoms with Crippen molar-refractivity contribution in [2.75, 3.05) is 13.2 Å². The van der Waals surface area contributed by atoms with E-state index in [1.165, 1.54) is 6.92 Å². The number of carbonyl (C=O) groups excluding carboxylic acids is 3. The van der Waals surface area contributed by atoms with Crippen molar-refractivity contribution in [3.8, 4) is 6.07 Å². The highest BCUT2D eigenvalue weighted by atomic mass is 19.4. The van der Waals surface area contributed by atoms with E-state index in [0.29, 0.717) is 0 Å². The summed E-state index contributed by atoms with van der Waals surface area (Å²) in [6.45, 7) is -0.0880. The van der Waals surface area contributed by atoms with E-state index in [-0.39, 0.29) is 11.3 Å². The number of ketones is 1. The van der Waals surface area contributed by atoms with Crippen molar-refractivity contribution in [2.24, 2.45) is 5.92 Å². The highest BCUT2D eigenvalue weighted by Crippen LogP contribution is 2.29. The third kappa shape index (κ3) is 6.01. The summed E-state index contributed by atoms with van der Waals surface area (Å²) in [5, 5.41) is 18.1. The molecule has 26 heavy (non-hydrogen) atoms. The van der Waals surface area contributed by atoms with Gasteiger partial charge in [-0.1, -0.05) is 0 Å². The monoisotopic (exact) mass is 369 g/mol. The first-order chi connectivity index (χ1) is 12.1. The van der Waals surface area contributed by atoms with E-state index in [1.807, 2.05) is 0 Å². The van der Waals surface area contributed by atoms with Crippen LogP contribution in [0.25, 0.3) is 0 Å². The quantitative estimate of drug-likeness (QED) is 0.560. The van der Waals surface area contributed by atoms with Crippen molar-refractivity contribution in [1.29, 1.82) is 10.7 Å². The van der Waals surface area contributed by atoms with Crippen LogP contribution in [0.3, 0.4) is 0 Å². The van der Waals surface area contributed by atoms with Gasteiger partial charge in [0, 0.05) is 11.3 Å². The van der Waals surface area contributed by atoms with Gasteiger partial charge in [-0.15, -0.1) is 0 Å². The number of hydrogen-bond donors (Lipinski definition) is 2. The van der Waals surface area contributed by atoms with Crippen LogP contribution in [0.4, 0.5) is 13.2 Å². The Morgan fingerprint density at radius 1 is 1.27 bits per heavy atom. The van der Waals surface area contributed by atoms with Gasteiger partial charge in [0.2, 0.25) is 0 Å². The second kappa shape index (κ2) is 8.75. The molecule has 0 radical (unpaired) electrons. The van der Waals surface area contributed by atoms with Gasteiger partial charge in [-0.2, -0.15) is 18.4 Å². The fourth-order valence-corrected chi connectivity index (χ4v) is 1.76. The van der Waals surface area contributed by atoms with E-state index in [4.69, 9.17) is 10.7 Å². The highest BCUT2D eigenvalue weighted by molar-refractivity contribution is 6.06. The van der Waals surface area contributed by atoms with Gasteiger partial charge < -0.3 is 15.5 Å². The molecule has 1 rings (SSSR count). The number of esters is 1. The van der Waals surface area contributed by atoms with Crippen molar-refractivity contribution in [3.63, 3.8) is 0 Å². The number of ether oxygens (including phenoxy) is 1. The lowest BCUT2D eigenvalue weighted by Gasteiger charge is -2.09. The minimum Gasteiger partial charge on any atom is -0.456 e. The molecule has 0 aromatic heterocycles. The lowest BCUT2D eigenvalue weighted by atomic mass is 10.0. The lowest BCUT2D eigenvalue weighted by Crippen LogP contribution is -2.32. The zero-order valence-electron chi connectivity index (χ0n) is 13.5. The molecule has 0 saturated carbocycles. The SMILES string of the molecule is CC(=N)C(C#N)C(=O)COC(=O)CNC(=O)c1ccc(C(F)(F)F)cc1. The van der Waals surface area contributed by atoms with E-state index >= 15 is 0 Å². The van der Waals surface area contributed by atoms with E-state index in [0.717, 1.165) is 24.3 Å². The molecule has 7 nitrogen and oxygen atoms in total. The van der Waals surface area contributed by atoms with Crippen molar-refractivity contribution in [2.45, 2.75) is 13.1 Å². The van der Waals surface area contributed by atoms with Crippen LogP contribution in [-0.2, 0) is 20.5 Å². The number of alkyl halides is 3. The van der Waals surface area contributed by atoms with Crippen LogP contribution in [0, 0.1) is 22.7 Å². The summed E-state index contributed by atoms with van der Waals surface area (Å²) in [5.41, 5.74) is -1.20. The molecule has 10 heteroatoms. The van der Waals surface area contributed by atoms with Gasteiger partial charge in [-0.3, -0.25) is 14.4 Å². The van der Waals surface area contributed by atoms with Gasteiger partial charge in [-0.05, 0) is 31.2 Å². The average Bonchev–Trinajstić information content (AvgIpc) is 2.57. The van der Waals surface area contributed by atoms with Crippen molar-refractivity contribution < 1.29 is 32.3 Å². The zero-order valence-corrected chi connectivity index (χ0v) is 13.5. The number of nitriles is 1. The molecule has 0 spiro atoms. The van der Waals surface area contributed by atoms with Gasteiger partial charge in [0.25, 0.3) is 5.91 Å². The molecule has 0 aliphatic heterocycles. The summed E-state index contributed by atoms with van der Waals surface area (Å²) in [4.78, 5) is 34.8. The third-order valence-electron chi connectivity index (χ3n) is 3.13. The summed E-state index contributed by atoms with van der Waals surface area (Å²) < 4.78 is 41.9. The zero-order chi connectivity index (χ0) is 19.9. The maximum absolute atomic E-state index is 12.4. The third-order valence-corrected chi connectivity index (χ3v) is 3.13. The Labute approximate surface area is 146 Å². The first kappa shape index (κ1) is 20.8. The molecular weight excluding hydrogens is 355 g/mol. The normalized spacial score (nSPS) is 11.8. The molecule has 0 heterocycles. The van der Waals surface area contributed by atoms with Crippen LogP contribution >= 0.6 is 0 Å². The lowest BCUT2D eigenvalue weighted by molar-refractivity contribution is -0.147. The van der Waals surface area contributed by atoms with Gasteiger partial charge in [0.15, 0.2) is 12.4 Å². The topological polar surface area (TPSA) is 120 Å². The van der Waals surface area contributed by atoms with Crippen molar-refractivity contribution >= 4 is 23.4 Å². The Morgan fingerprint density at radius 3 is 2.31 bits per heavy atom. The molecule has 2 N–H and O–H groups in total. The van der Waals surface area contributed by atoms with E-state index < -0.39 is 48.5 Å². The number of nitrogens with one attached hydrogen (secondary N) is 2. The summed E-state index contributed by atoms with van der Waals surface area (Å²) >= 11 is 0. The van der Waals surface area contributed by atoms with E-state index in [2.05, 4.69) is 10.1 Å². The number of Topliss-reactive ketones (excluding diaryl/α,β-unsaturated/α-hetero) is 1. The molecule has 0 saturated heterocycles. The number of hydrogen-bond acceptors (Lipinski definition) is 6. The largest absolute Gasteiger partial charge is 0.456 e. The molecule has 0 aliphatic rings. The van der Waals surface area contributed by atoms with E-state index in [9.17, 15) is 27.6 Å². The number of carbonyl (C=O) groups is 3. The number of rotatable bonds is 7. The second-order valence-electron chi connectivity index (χ2n) is 5.13. The molecule has 1 aromatic carbocycles. The van der Waals surface area contributed by atoms with Gasteiger partial charge in [0.05, 0.1) is 11.6 Å². The van der Waals surface area contributed by atoms with Crippen molar-refractivity contribution in [1.82, 2.24) is 5.32 Å². The van der Waals surface area contributed by atoms with Crippen LogP contribution in [0.15, 0.2) is 24.3 Å². The van der Waals surface area contributed by atoms with Gasteiger partial charge in [0.1, 0.15) is 12.5 Å². The predicted molar refractivity (Wildman–Crippen MR) is 82.2 cm³/mol. The second-order valence-corrected chi connectivity index (χ2v) is 5.13. The molecular formula is C16H14F3N3O4. The first-order valence-corrected chi connectivity index (χ1v) is 7.14. The maximum atomic E-state index is 12.4. The predicted octanol–water partition coefficient (Wildman–Crippen LogP) is 1.73. The smallest absolute Gasteiger partial charge is 0.416 e. The fourth-order valence-electron chi connectivity index (χ4n) is 1.76. The summed E-state index contributed by atoms with van der Waals surface area (Å²) in [7, 11) is 0. The Bertz CT molecular complexity index is 751. The van der Waals surface area contributed by atoms with Crippen molar-refractivity contribution in [3.05, 3.63) is 35.4 Å². The highest BCUT2D eigenvalue weighted by Gasteiger charge is 2.30. The molecule has 1 amide bonds.